The second kappa shape index (κ2) is 5.93. The Kier molecular flexibility index (Phi) is 4.27. The van der Waals surface area contributed by atoms with Crippen molar-refractivity contribution in [2.45, 2.75) is 6.54 Å². The number of hydrogen-bond acceptors (Lipinski definition) is 3. The van der Waals surface area contributed by atoms with Gasteiger partial charge < -0.3 is 14.1 Å². The summed E-state index contributed by atoms with van der Waals surface area (Å²) >= 11 is 3.18. The molecule has 19 heavy (non-hydrogen) atoms. The van der Waals surface area contributed by atoms with Gasteiger partial charge in [-0.2, -0.15) is 0 Å². The number of amides is 1. The summed E-state index contributed by atoms with van der Waals surface area (Å²) in [6.45, 7) is 0.515. The van der Waals surface area contributed by atoms with Crippen LogP contribution in [-0.2, 0) is 6.54 Å². The fourth-order valence-corrected chi connectivity index (χ4v) is 2.00. The van der Waals surface area contributed by atoms with Crippen molar-refractivity contribution in [3.05, 3.63) is 52.4 Å². The molecule has 0 N–H and O–H groups in total. The highest BCUT2D eigenvalue weighted by Gasteiger charge is 2.15. The summed E-state index contributed by atoms with van der Waals surface area (Å²) < 4.78 is 10.9. The van der Waals surface area contributed by atoms with Crippen molar-refractivity contribution in [1.82, 2.24) is 4.90 Å². The summed E-state index contributed by atoms with van der Waals surface area (Å²) in [5.74, 6) is 0.970. The lowest BCUT2D eigenvalue weighted by Gasteiger charge is -2.15. The highest BCUT2D eigenvalue weighted by Crippen LogP contribution is 2.17. The van der Waals surface area contributed by atoms with Crippen LogP contribution >= 0.6 is 15.9 Å². The molecule has 0 saturated heterocycles. The molecule has 2 rings (SSSR count). The van der Waals surface area contributed by atoms with E-state index in [1.807, 2.05) is 24.3 Å². The van der Waals surface area contributed by atoms with Crippen LogP contribution in [0.4, 0.5) is 0 Å². The fourth-order valence-electron chi connectivity index (χ4n) is 1.69. The minimum Gasteiger partial charge on any atom is -0.497 e. The van der Waals surface area contributed by atoms with Crippen LogP contribution in [0.2, 0.25) is 0 Å². The normalized spacial score (nSPS) is 10.3. The number of hydrogen-bond donors (Lipinski definition) is 0. The molecule has 0 unspecified atom stereocenters. The Balaban J connectivity index is 2.03. The lowest BCUT2D eigenvalue weighted by Crippen LogP contribution is -2.25. The van der Waals surface area contributed by atoms with Gasteiger partial charge in [-0.3, -0.25) is 4.79 Å². The van der Waals surface area contributed by atoms with Crippen molar-refractivity contribution in [3.8, 4) is 5.75 Å². The van der Waals surface area contributed by atoms with Crippen molar-refractivity contribution in [3.63, 3.8) is 0 Å². The van der Waals surface area contributed by atoms with Gasteiger partial charge in [0.15, 0.2) is 10.4 Å². The maximum Gasteiger partial charge on any atom is 0.289 e. The van der Waals surface area contributed by atoms with Gasteiger partial charge in [-0.1, -0.05) is 12.1 Å². The van der Waals surface area contributed by atoms with Crippen molar-refractivity contribution in [2.75, 3.05) is 14.2 Å². The Morgan fingerprint density at radius 3 is 2.47 bits per heavy atom. The minimum atomic E-state index is -0.151. The van der Waals surface area contributed by atoms with E-state index >= 15 is 0 Å². The first-order valence-electron chi connectivity index (χ1n) is 5.74. The lowest BCUT2D eigenvalue weighted by atomic mass is 10.2. The number of carbonyl (C=O) groups excluding carboxylic acids is 1. The van der Waals surface area contributed by atoms with E-state index in [-0.39, 0.29) is 5.91 Å². The van der Waals surface area contributed by atoms with E-state index in [1.165, 1.54) is 0 Å². The molecule has 100 valence electrons. The van der Waals surface area contributed by atoms with E-state index < -0.39 is 0 Å². The molecule has 0 radical (unpaired) electrons. The third-order valence-corrected chi connectivity index (χ3v) is 3.14. The van der Waals surface area contributed by atoms with E-state index in [9.17, 15) is 4.79 Å². The molecule has 1 aromatic heterocycles. The molecule has 0 saturated carbocycles. The van der Waals surface area contributed by atoms with Crippen LogP contribution in [0.15, 0.2) is 45.5 Å². The van der Waals surface area contributed by atoms with Gasteiger partial charge in [0.05, 0.1) is 7.11 Å². The Bertz CT molecular complexity index is 562. The van der Waals surface area contributed by atoms with Gasteiger partial charge in [0, 0.05) is 13.6 Å². The smallest absolute Gasteiger partial charge is 0.289 e. The van der Waals surface area contributed by atoms with Crippen LogP contribution in [0.5, 0.6) is 5.75 Å². The number of methoxy groups -OCH3 is 1. The van der Waals surface area contributed by atoms with Crippen LogP contribution in [-0.4, -0.2) is 25.0 Å². The zero-order valence-corrected chi connectivity index (χ0v) is 12.3. The van der Waals surface area contributed by atoms with Gasteiger partial charge in [0.2, 0.25) is 0 Å². The van der Waals surface area contributed by atoms with E-state index in [0.717, 1.165) is 11.3 Å². The van der Waals surface area contributed by atoms with E-state index in [1.54, 1.807) is 31.2 Å². The van der Waals surface area contributed by atoms with Gasteiger partial charge in [-0.15, -0.1) is 0 Å². The molecular weight excluding hydrogens is 310 g/mol. The average molecular weight is 324 g/mol. The summed E-state index contributed by atoms with van der Waals surface area (Å²) in [4.78, 5) is 13.7. The number of rotatable bonds is 4. The second-order valence-corrected chi connectivity index (χ2v) is 4.89. The molecule has 2 aromatic rings. The Morgan fingerprint density at radius 1 is 1.26 bits per heavy atom. The third-order valence-electron chi connectivity index (χ3n) is 2.71. The Labute approximate surface area is 120 Å². The predicted octanol–water partition coefficient (Wildman–Crippen LogP) is 3.32. The summed E-state index contributed by atoms with van der Waals surface area (Å²) in [6.07, 6.45) is 0. The predicted molar refractivity (Wildman–Crippen MR) is 75.2 cm³/mol. The summed E-state index contributed by atoms with van der Waals surface area (Å²) in [6, 6.07) is 11.0. The molecule has 0 atom stereocenters. The minimum absolute atomic E-state index is 0.151. The number of furan rings is 1. The molecule has 0 bridgehead atoms. The summed E-state index contributed by atoms with van der Waals surface area (Å²) in [5.41, 5.74) is 1.03. The number of halogens is 1. The summed E-state index contributed by atoms with van der Waals surface area (Å²) in [7, 11) is 3.36. The fraction of sp³-hybridized carbons (Fsp3) is 0.214. The molecule has 1 aromatic carbocycles. The molecule has 0 aliphatic heterocycles. The first-order chi connectivity index (χ1) is 9.10. The van der Waals surface area contributed by atoms with E-state index in [2.05, 4.69) is 15.9 Å². The molecule has 5 heteroatoms. The molecule has 0 fully saturated rings. The Hall–Kier alpha value is -1.75. The van der Waals surface area contributed by atoms with Crippen LogP contribution in [0, 0.1) is 0 Å². The topological polar surface area (TPSA) is 42.7 Å². The third kappa shape index (κ3) is 3.38. The number of nitrogens with zero attached hydrogens (tertiary/aromatic N) is 1. The van der Waals surface area contributed by atoms with Gasteiger partial charge in [-0.05, 0) is 45.8 Å². The summed E-state index contributed by atoms with van der Waals surface area (Å²) in [5, 5.41) is 0. The van der Waals surface area contributed by atoms with Crippen LogP contribution in [0.25, 0.3) is 0 Å². The number of benzene rings is 1. The molecule has 0 aliphatic carbocycles. The maximum atomic E-state index is 12.1. The zero-order valence-electron chi connectivity index (χ0n) is 10.7. The van der Waals surface area contributed by atoms with Crippen molar-refractivity contribution < 1.29 is 13.9 Å². The van der Waals surface area contributed by atoms with Crippen LogP contribution < -0.4 is 4.74 Å². The Morgan fingerprint density at radius 2 is 1.95 bits per heavy atom. The second-order valence-electron chi connectivity index (χ2n) is 4.11. The first kappa shape index (κ1) is 13.7. The first-order valence-corrected chi connectivity index (χ1v) is 6.53. The molecule has 0 spiro atoms. The van der Waals surface area contributed by atoms with Crippen molar-refractivity contribution in [2.24, 2.45) is 0 Å². The quantitative estimate of drug-likeness (QED) is 0.866. The largest absolute Gasteiger partial charge is 0.497 e. The van der Waals surface area contributed by atoms with E-state index in [4.69, 9.17) is 9.15 Å². The molecular formula is C14H14BrNO3. The highest BCUT2D eigenvalue weighted by molar-refractivity contribution is 9.10. The SMILES string of the molecule is COc1ccc(CN(C)C(=O)c2ccc(Br)o2)cc1. The van der Waals surface area contributed by atoms with Gasteiger partial charge in [0.1, 0.15) is 5.75 Å². The molecule has 1 amide bonds. The number of carbonyl (C=O) groups is 1. The monoisotopic (exact) mass is 323 g/mol. The van der Waals surface area contributed by atoms with Crippen LogP contribution in [0.1, 0.15) is 16.1 Å². The molecule has 1 heterocycles. The van der Waals surface area contributed by atoms with Crippen molar-refractivity contribution >= 4 is 21.8 Å². The number of ether oxygens (including phenoxy) is 1. The zero-order chi connectivity index (χ0) is 13.8. The average Bonchev–Trinajstić information content (AvgIpc) is 2.85. The highest BCUT2D eigenvalue weighted by atomic mass is 79.9. The van der Waals surface area contributed by atoms with Gasteiger partial charge in [0.25, 0.3) is 5.91 Å². The van der Waals surface area contributed by atoms with Crippen LogP contribution in [0.3, 0.4) is 0 Å². The standard InChI is InChI=1S/C14H14BrNO3/c1-16(14(17)12-7-8-13(15)19-12)9-10-3-5-11(18-2)6-4-10/h3-8H,9H2,1-2H3. The van der Waals surface area contributed by atoms with Gasteiger partial charge in [-0.25, -0.2) is 0 Å². The molecule has 0 aliphatic rings. The molecule has 4 nitrogen and oxygen atoms in total. The van der Waals surface area contributed by atoms with Crippen molar-refractivity contribution in [1.29, 1.82) is 0 Å². The van der Waals surface area contributed by atoms with Gasteiger partial charge >= 0.3 is 0 Å². The maximum absolute atomic E-state index is 12.1. The van der Waals surface area contributed by atoms with E-state index in [0.29, 0.717) is 17.0 Å². The lowest BCUT2D eigenvalue weighted by molar-refractivity contribution is 0.0752.